The number of fused-ring (bicyclic) bond motifs is 16. The third kappa shape index (κ3) is 6.07. The van der Waals surface area contributed by atoms with E-state index in [-0.39, 0.29) is 5.41 Å². The van der Waals surface area contributed by atoms with Gasteiger partial charge in [-0.2, -0.15) is 0 Å². The zero-order chi connectivity index (χ0) is 51.7. The summed E-state index contributed by atoms with van der Waals surface area (Å²) in [5, 5.41) is 0. The van der Waals surface area contributed by atoms with E-state index in [9.17, 15) is 0 Å². The molecule has 16 rings (SSSR count). The Morgan fingerprint density at radius 2 is 0.551 bits per heavy atom. The lowest BCUT2D eigenvalue weighted by molar-refractivity contribution is 0.660. The molecule has 0 bridgehead atoms. The van der Waals surface area contributed by atoms with Gasteiger partial charge in [-0.15, -0.1) is 0 Å². The van der Waals surface area contributed by atoms with Crippen LogP contribution in [0.1, 0.15) is 69.5 Å². The summed E-state index contributed by atoms with van der Waals surface area (Å²) in [4.78, 5) is 2.55. The van der Waals surface area contributed by atoms with Crippen molar-refractivity contribution in [3.05, 3.63) is 341 Å². The summed E-state index contributed by atoms with van der Waals surface area (Å²) in [6.45, 7) is 4.83. The summed E-state index contributed by atoms with van der Waals surface area (Å²) in [6.07, 6.45) is 0. The molecule has 0 N–H and O–H groups in total. The van der Waals surface area contributed by atoms with Gasteiger partial charge in [0.1, 0.15) is 0 Å². The zero-order valence-electron chi connectivity index (χ0n) is 43.6. The lowest BCUT2D eigenvalue weighted by Gasteiger charge is -2.35. The van der Waals surface area contributed by atoms with Crippen LogP contribution in [0, 0.1) is 0 Å². The summed E-state index contributed by atoms with van der Waals surface area (Å²) in [5.41, 5.74) is 30.5. The monoisotopic (exact) mass is 991 g/mol. The SMILES string of the molecule is CC1(C)c2cc(-c3ccc(-c4ccccc4)cc3)ccc2-c2ccc(N(c3ccc4c(c3)-c3ccccc3C43c4ccccc4-c4ccccc43)c3ccc4c(c3)C(c3ccccc3)(c3ccccc3)c3ccccc3-4)cc21. The van der Waals surface area contributed by atoms with Gasteiger partial charge in [-0.05, 0) is 165 Å². The molecule has 4 aliphatic rings. The fourth-order valence-electron chi connectivity index (χ4n) is 14.8. The van der Waals surface area contributed by atoms with Gasteiger partial charge in [0.2, 0.25) is 0 Å². The van der Waals surface area contributed by atoms with Gasteiger partial charge in [-0.1, -0.05) is 257 Å². The average Bonchev–Trinajstić information content (AvgIpc) is 4.36. The van der Waals surface area contributed by atoms with E-state index in [1.54, 1.807) is 0 Å². The first kappa shape index (κ1) is 44.7. The van der Waals surface area contributed by atoms with Crippen molar-refractivity contribution in [3.8, 4) is 66.8 Å². The van der Waals surface area contributed by atoms with Crippen LogP contribution in [0.3, 0.4) is 0 Å². The van der Waals surface area contributed by atoms with Gasteiger partial charge < -0.3 is 4.90 Å². The first-order valence-electron chi connectivity index (χ1n) is 27.5. The number of anilines is 3. The van der Waals surface area contributed by atoms with E-state index in [4.69, 9.17) is 0 Å². The summed E-state index contributed by atoms with van der Waals surface area (Å²) in [5.74, 6) is 0. The summed E-state index contributed by atoms with van der Waals surface area (Å²) in [7, 11) is 0. The summed E-state index contributed by atoms with van der Waals surface area (Å²) >= 11 is 0. The van der Waals surface area contributed by atoms with Crippen molar-refractivity contribution in [2.45, 2.75) is 30.1 Å². The number of hydrogen-bond acceptors (Lipinski definition) is 1. The number of rotatable bonds is 7. The van der Waals surface area contributed by atoms with Crippen molar-refractivity contribution < 1.29 is 0 Å². The van der Waals surface area contributed by atoms with Crippen LogP contribution in [0.2, 0.25) is 0 Å². The minimum Gasteiger partial charge on any atom is -0.310 e. The fraction of sp³-hybridized carbons (Fsp3) is 0.0649. The Morgan fingerprint density at radius 3 is 1.09 bits per heavy atom. The lowest BCUT2D eigenvalue weighted by Crippen LogP contribution is -2.28. The molecule has 0 radical (unpaired) electrons. The standard InChI is InChI=1S/C77H53N/c1-75(2)72-46-53(52-36-34-51(35-37-52)50-20-6-3-7-21-50)38-42-63(72)64-43-39-57(48-73(64)75)78(58-40-44-65-61-28-12-16-30-67(61)76(74(65)49-58,54-22-8-4-9-23-54)55-24-10-5-11-25-55)56-41-45-71-66(47-56)62-29-15-19-33-70(62)77(71)68-31-17-13-26-59(68)60-27-14-18-32-69(60)77/h3-49H,1-2H3. The molecular weight excluding hydrogens is 939 g/mol. The van der Waals surface area contributed by atoms with E-state index in [2.05, 4.69) is 304 Å². The highest BCUT2D eigenvalue weighted by atomic mass is 15.1. The Labute approximate surface area is 457 Å². The molecular formula is C77H53N. The Morgan fingerprint density at radius 1 is 0.218 bits per heavy atom. The zero-order valence-corrected chi connectivity index (χ0v) is 43.6. The van der Waals surface area contributed by atoms with Crippen LogP contribution in [0.4, 0.5) is 17.1 Å². The van der Waals surface area contributed by atoms with E-state index in [0.717, 1.165) is 17.1 Å². The highest BCUT2D eigenvalue weighted by Gasteiger charge is 2.52. The van der Waals surface area contributed by atoms with Gasteiger partial charge in [0.05, 0.1) is 10.8 Å². The fourth-order valence-corrected chi connectivity index (χ4v) is 14.8. The van der Waals surface area contributed by atoms with Crippen molar-refractivity contribution in [1.29, 1.82) is 0 Å². The first-order chi connectivity index (χ1) is 38.4. The van der Waals surface area contributed by atoms with E-state index < -0.39 is 10.8 Å². The number of hydrogen-bond donors (Lipinski definition) is 0. The van der Waals surface area contributed by atoms with Gasteiger partial charge in [-0.3, -0.25) is 0 Å². The lowest BCUT2D eigenvalue weighted by atomic mass is 9.67. The van der Waals surface area contributed by atoms with Crippen LogP contribution in [0.5, 0.6) is 0 Å². The van der Waals surface area contributed by atoms with E-state index in [0.29, 0.717) is 0 Å². The maximum Gasteiger partial charge on any atom is 0.0725 e. The molecule has 0 atom stereocenters. The minimum atomic E-state index is -0.552. The topological polar surface area (TPSA) is 3.24 Å². The largest absolute Gasteiger partial charge is 0.310 e. The van der Waals surface area contributed by atoms with Crippen LogP contribution in [-0.2, 0) is 16.2 Å². The van der Waals surface area contributed by atoms with Crippen LogP contribution >= 0.6 is 0 Å². The van der Waals surface area contributed by atoms with Crippen LogP contribution in [-0.4, -0.2) is 0 Å². The van der Waals surface area contributed by atoms with Gasteiger partial charge in [-0.25, -0.2) is 0 Å². The molecule has 1 heteroatoms. The molecule has 0 heterocycles. The van der Waals surface area contributed by atoms with Crippen LogP contribution in [0.15, 0.2) is 285 Å². The van der Waals surface area contributed by atoms with Crippen molar-refractivity contribution >= 4 is 17.1 Å². The molecule has 12 aromatic carbocycles. The molecule has 0 aromatic heterocycles. The Balaban J connectivity index is 0.900. The second-order valence-corrected chi connectivity index (χ2v) is 22.3. The van der Waals surface area contributed by atoms with Crippen LogP contribution < -0.4 is 4.90 Å². The molecule has 0 saturated heterocycles. The Hall–Kier alpha value is -9.56. The molecule has 0 saturated carbocycles. The van der Waals surface area contributed by atoms with Crippen molar-refractivity contribution in [3.63, 3.8) is 0 Å². The van der Waals surface area contributed by atoms with Gasteiger partial charge in [0, 0.05) is 22.5 Å². The molecule has 366 valence electrons. The van der Waals surface area contributed by atoms with Gasteiger partial charge >= 0.3 is 0 Å². The maximum absolute atomic E-state index is 2.55. The van der Waals surface area contributed by atoms with E-state index >= 15 is 0 Å². The van der Waals surface area contributed by atoms with E-state index in [1.807, 2.05) is 0 Å². The molecule has 4 aliphatic carbocycles. The quantitative estimate of drug-likeness (QED) is 0.154. The molecule has 0 unspecified atom stereocenters. The third-order valence-electron chi connectivity index (χ3n) is 18.2. The molecule has 12 aromatic rings. The molecule has 1 nitrogen and oxygen atoms in total. The van der Waals surface area contributed by atoms with Gasteiger partial charge in [0.25, 0.3) is 0 Å². The smallest absolute Gasteiger partial charge is 0.0725 e. The second-order valence-electron chi connectivity index (χ2n) is 22.3. The molecule has 0 fully saturated rings. The highest BCUT2D eigenvalue weighted by molar-refractivity contribution is 5.98. The van der Waals surface area contributed by atoms with Gasteiger partial charge in [0.15, 0.2) is 0 Å². The van der Waals surface area contributed by atoms with Crippen LogP contribution in [0.25, 0.3) is 66.8 Å². The Bertz CT molecular complexity index is 4310. The number of benzene rings is 12. The second kappa shape index (κ2) is 16.7. The van der Waals surface area contributed by atoms with Crippen molar-refractivity contribution in [2.75, 3.05) is 4.90 Å². The third-order valence-corrected chi connectivity index (χ3v) is 18.2. The normalized spacial score (nSPS) is 14.6. The number of nitrogens with zero attached hydrogens (tertiary/aromatic N) is 1. The maximum atomic E-state index is 2.55. The molecule has 0 aliphatic heterocycles. The average molecular weight is 992 g/mol. The molecule has 0 amide bonds. The summed E-state index contributed by atoms with van der Waals surface area (Å²) < 4.78 is 0. The minimum absolute atomic E-state index is 0.270. The highest BCUT2D eigenvalue weighted by Crippen LogP contribution is 2.64. The molecule has 78 heavy (non-hydrogen) atoms. The van der Waals surface area contributed by atoms with E-state index in [1.165, 1.54) is 122 Å². The molecule has 1 spiro atoms. The predicted octanol–water partition coefficient (Wildman–Crippen LogP) is 19.5. The Kier molecular flexibility index (Phi) is 9.58. The first-order valence-corrected chi connectivity index (χ1v) is 27.5. The van der Waals surface area contributed by atoms with Crippen molar-refractivity contribution in [2.24, 2.45) is 0 Å². The van der Waals surface area contributed by atoms with Crippen molar-refractivity contribution in [1.82, 2.24) is 0 Å². The summed E-state index contributed by atoms with van der Waals surface area (Å²) in [6, 6.07) is 108. The predicted molar refractivity (Wildman–Crippen MR) is 323 cm³/mol.